The first-order valence-corrected chi connectivity index (χ1v) is 13.4. The Hall–Kier alpha value is -2.38. The van der Waals surface area contributed by atoms with Crippen molar-refractivity contribution >= 4 is 44.3 Å². The van der Waals surface area contributed by atoms with E-state index in [-0.39, 0.29) is 11.2 Å². The summed E-state index contributed by atoms with van der Waals surface area (Å²) >= 11 is 3.20. The lowest BCUT2D eigenvalue weighted by molar-refractivity contribution is 0.559. The quantitative estimate of drug-likeness (QED) is 0.194. The van der Waals surface area contributed by atoms with E-state index in [1.807, 2.05) is 13.0 Å². The first kappa shape index (κ1) is 22.4. The molecule has 0 saturated heterocycles. The number of fused-ring (bicyclic) bond motifs is 4. The fourth-order valence-electron chi connectivity index (χ4n) is 4.88. The molecule has 5 nitrogen and oxygen atoms in total. The molecule has 7 heteroatoms. The number of rotatable bonds is 5. The molecule has 4 aromatic rings. The van der Waals surface area contributed by atoms with Crippen LogP contribution in [0.5, 0.6) is 0 Å². The van der Waals surface area contributed by atoms with E-state index in [1.54, 1.807) is 22.0 Å². The standard InChI is InChI=1S/C26H28N2O3S2/c1-5-28-25(30)23-17-8-6-7-9-21(17)33-24(23)27-26(28)32-13-16-11-22(29)31-20-10-15(4)18(14(2)3)12-19(16)20/h10-12,14H,5-9,13H2,1-4H3. The number of aryl methyl sites for hydroxylation is 3. The van der Waals surface area contributed by atoms with Crippen molar-refractivity contribution in [3.63, 3.8) is 0 Å². The van der Waals surface area contributed by atoms with E-state index in [0.717, 1.165) is 46.0 Å². The van der Waals surface area contributed by atoms with Gasteiger partial charge in [0.25, 0.3) is 5.56 Å². The number of nitrogens with zero attached hydrogens (tertiary/aromatic N) is 2. The fraction of sp³-hybridized carbons (Fsp3) is 0.423. The zero-order valence-electron chi connectivity index (χ0n) is 19.5. The molecule has 33 heavy (non-hydrogen) atoms. The van der Waals surface area contributed by atoms with Crippen LogP contribution in [0.15, 0.2) is 37.4 Å². The van der Waals surface area contributed by atoms with Crippen LogP contribution < -0.4 is 11.2 Å². The number of hydrogen-bond donors (Lipinski definition) is 0. The van der Waals surface area contributed by atoms with Crippen molar-refractivity contribution in [3.05, 3.63) is 66.1 Å². The molecule has 0 saturated carbocycles. The molecule has 0 fully saturated rings. The number of hydrogen-bond acceptors (Lipinski definition) is 6. The van der Waals surface area contributed by atoms with Gasteiger partial charge in [-0.3, -0.25) is 9.36 Å². The number of thioether (sulfide) groups is 1. The largest absolute Gasteiger partial charge is 0.423 e. The number of thiophene rings is 1. The maximum absolute atomic E-state index is 13.4. The predicted molar refractivity (Wildman–Crippen MR) is 137 cm³/mol. The molecule has 0 spiro atoms. The van der Waals surface area contributed by atoms with Gasteiger partial charge in [-0.25, -0.2) is 9.78 Å². The van der Waals surface area contributed by atoms with Gasteiger partial charge >= 0.3 is 5.63 Å². The van der Waals surface area contributed by atoms with Crippen LogP contribution in [0.2, 0.25) is 0 Å². The van der Waals surface area contributed by atoms with Gasteiger partial charge in [0.15, 0.2) is 5.16 Å². The Morgan fingerprint density at radius 2 is 1.97 bits per heavy atom. The molecular weight excluding hydrogens is 452 g/mol. The summed E-state index contributed by atoms with van der Waals surface area (Å²) in [5, 5.41) is 2.49. The minimum absolute atomic E-state index is 0.0690. The molecule has 0 N–H and O–H groups in total. The molecule has 0 bridgehead atoms. The fourth-order valence-corrected chi connectivity index (χ4v) is 7.24. The first-order chi connectivity index (χ1) is 15.9. The molecule has 1 aliphatic carbocycles. The van der Waals surface area contributed by atoms with Gasteiger partial charge in [-0.2, -0.15) is 0 Å². The van der Waals surface area contributed by atoms with Crippen LogP contribution in [-0.4, -0.2) is 9.55 Å². The van der Waals surface area contributed by atoms with Crippen LogP contribution in [0.4, 0.5) is 0 Å². The second-order valence-electron chi connectivity index (χ2n) is 9.07. The second-order valence-corrected chi connectivity index (χ2v) is 11.1. The average Bonchev–Trinajstić information content (AvgIpc) is 3.15. The summed E-state index contributed by atoms with van der Waals surface area (Å²) in [5.74, 6) is 0.923. The Morgan fingerprint density at radius 3 is 2.73 bits per heavy atom. The lowest BCUT2D eigenvalue weighted by Gasteiger charge is -2.14. The third-order valence-electron chi connectivity index (χ3n) is 6.55. The summed E-state index contributed by atoms with van der Waals surface area (Å²) in [6.45, 7) is 8.95. The summed E-state index contributed by atoms with van der Waals surface area (Å²) in [5.41, 5.74) is 4.84. The SMILES string of the molecule is CCn1c(SCc2cc(=O)oc3cc(C)c(C(C)C)cc23)nc2sc3c(c2c1=O)CCCC3. The molecule has 172 valence electrons. The highest BCUT2D eigenvalue weighted by atomic mass is 32.2. The Labute approximate surface area is 200 Å². The Morgan fingerprint density at radius 1 is 1.18 bits per heavy atom. The molecule has 1 aliphatic rings. The van der Waals surface area contributed by atoms with Crippen molar-refractivity contribution in [1.82, 2.24) is 9.55 Å². The van der Waals surface area contributed by atoms with E-state index < -0.39 is 0 Å². The summed E-state index contributed by atoms with van der Waals surface area (Å²) < 4.78 is 7.29. The van der Waals surface area contributed by atoms with Crippen LogP contribution >= 0.6 is 23.1 Å². The Kier molecular flexibility index (Phi) is 5.95. The Bertz CT molecular complexity index is 1490. The van der Waals surface area contributed by atoms with Crippen molar-refractivity contribution in [3.8, 4) is 0 Å². The molecule has 0 aliphatic heterocycles. The lowest BCUT2D eigenvalue weighted by atomic mass is 9.95. The summed E-state index contributed by atoms with van der Waals surface area (Å²) in [7, 11) is 0. The van der Waals surface area contributed by atoms with Crippen molar-refractivity contribution < 1.29 is 4.42 Å². The van der Waals surface area contributed by atoms with Gasteiger partial charge in [-0.1, -0.05) is 25.6 Å². The highest BCUT2D eigenvalue weighted by molar-refractivity contribution is 7.98. The zero-order valence-corrected chi connectivity index (χ0v) is 21.1. The van der Waals surface area contributed by atoms with E-state index in [1.165, 1.54) is 34.2 Å². The minimum Gasteiger partial charge on any atom is -0.423 e. The van der Waals surface area contributed by atoms with Gasteiger partial charge in [-0.05, 0) is 79.8 Å². The normalized spacial score (nSPS) is 13.8. The van der Waals surface area contributed by atoms with Gasteiger partial charge in [0.2, 0.25) is 0 Å². The van der Waals surface area contributed by atoms with Crippen LogP contribution in [0.25, 0.3) is 21.2 Å². The van der Waals surface area contributed by atoms with Gasteiger partial charge in [-0.15, -0.1) is 11.3 Å². The van der Waals surface area contributed by atoms with Gasteiger partial charge in [0.1, 0.15) is 10.4 Å². The lowest BCUT2D eigenvalue weighted by Crippen LogP contribution is -2.23. The molecule has 0 radical (unpaired) electrons. The predicted octanol–water partition coefficient (Wildman–Crippen LogP) is 6.19. The van der Waals surface area contributed by atoms with Crippen molar-refractivity contribution in [2.75, 3.05) is 0 Å². The van der Waals surface area contributed by atoms with Gasteiger partial charge in [0, 0.05) is 28.6 Å². The Balaban J connectivity index is 1.58. The summed E-state index contributed by atoms with van der Waals surface area (Å²) in [4.78, 5) is 32.8. The molecule has 5 rings (SSSR count). The van der Waals surface area contributed by atoms with Crippen molar-refractivity contribution in [2.45, 2.75) is 76.8 Å². The molecule has 0 amide bonds. The maximum atomic E-state index is 13.4. The second kappa shape index (κ2) is 8.76. The van der Waals surface area contributed by atoms with E-state index in [4.69, 9.17) is 9.40 Å². The third-order valence-corrected chi connectivity index (χ3v) is 8.76. The maximum Gasteiger partial charge on any atom is 0.336 e. The molecule has 3 heterocycles. The van der Waals surface area contributed by atoms with E-state index in [2.05, 4.69) is 26.8 Å². The van der Waals surface area contributed by atoms with Crippen LogP contribution in [-0.2, 0) is 25.1 Å². The van der Waals surface area contributed by atoms with Crippen LogP contribution in [0, 0.1) is 6.92 Å². The third kappa shape index (κ3) is 3.95. The van der Waals surface area contributed by atoms with Gasteiger partial charge < -0.3 is 4.42 Å². The number of aromatic nitrogens is 2. The van der Waals surface area contributed by atoms with E-state index in [9.17, 15) is 9.59 Å². The smallest absolute Gasteiger partial charge is 0.336 e. The topological polar surface area (TPSA) is 65.1 Å². The molecule has 1 aromatic carbocycles. The van der Waals surface area contributed by atoms with Crippen LogP contribution in [0.3, 0.4) is 0 Å². The minimum atomic E-state index is -0.350. The average molecular weight is 481 g/mol. The van der Waals surface area contributed by atoms with Crippen molar-refractivity contribution in [1.29, 1.82) is 0 Å². The molecular formula is C26H28N2O3S2. The molecule has 0 atom stereocenters. The van der Waals surface area contributed by atoms with Gasteiger partial charge in [0.05, 0.1) is 5.39 Å². The number of benzene rings is 1. The summed E-state index contributed by atoms with van der Waals surface area (Å²) in [6.07, 6.45) is 4.35. The molecule has 3 aromatic heterocycles. The zero-order chi connectivity index (χ0) is 23.3. The van der Waals surface area contributed by atoms with E-state index >= 15 is 0 Å². The monoisotopic (exact) mass is 480 g/mol. The highest BCUT2D eigenvalue weighted by Gasteiger charge is 2.22. The van der Waals surface area contributed by atoms with E-state index in [0.29, 0.717) is 29.0 Å². The molecule has 0 unspecified atom stereocenters. The van der Waals surface area contributed by atoms with Crippen LogP contribution in [0.1, 0.15) is 66.7 Å². The first-order valence-electron chi connectivity index (χ1n) is 11.6. The highest BCUT2D eigenvalue weighted by Crippen LogP contribution is 2.35. The summed E-state index contributed by atoms with van der Waals surface area (Å²) in [6, 6.07) is 5.68. The van der Waals surface area contributed by atoms with Crippen molar-refractivity contribution in [2.24, 2.45) is 0 Å².